The Bertz CT molecular complexity index is 993. The predicted molar refractivity (Wildman–Crippen MR) is 95.9 cm³/mol. The molecule has 0 aliphatic carbocycles. The van der Waals surface area contributed by atoms with Crippen LogP contribution in [-0.4, -0.2) is 25.7 Å². The SMILES string of the molecule is CC(C)/C(=C(/Oc1ccc(F)c(F)c1)C(=O)O)c1ccc(S(C)(=O)=O)cc1. The molecule has 27 heavy (non-hydrogen) atoms. The van der Waals surface area contributed by atoms with Gasteiger partial charge in [0.2, 0.25) is 5.76 Å². The molecule has 0 saturated carbocycles. The molecule has 144 valence electrons. The number of carboxylic acid groups (broad SMARTS) is 1. The van der Waals surface area contributed by atoms with Crippen LogP contribution >= 0.6 is 0 Å². The molecule has 0 aromatic heterocycles. The lowest BCUT2D eigenvalue weighted by Crippen LogP contribution is -2.14. The van der Waals surface area contributed by atoms with Crippen LogP contribution in [0.1, 0.15) is 19.4 Å². The van der Waals surface area contributed by atoms with Gasteiger partial charge in [0.15, 0.2) is 21.5 Å². The maximum Gasteiger partial charge on any atom is 0.372 e. The van der Waals surface area contributed by atoms with Gasteiger partial charge in [-0.15, -0.1) is 0 Å². The van der Waals surface area contributed by atoms with Crippen LogP contribution in [0.25, 0.3) is 5.57 Å². The van der Waals surface area contributed by atoms with Crippen molar-refractivity contribution in [3.63, 3.8) is 0 Å². The standard InChI is InChI=1S/C19H18F2O5S/c1-11(2)17(12-4-7-14(8-5-12)27(3,24)25)18(19(22)23)26-13-6-9-15(20)16(21)10-13/h4-11H,1-3H3,(H,22,23)/b18-17-. The van der Waals surface area contributed by atoms with Crippen molar-refractivity contribution in [2.45, 2.75) is 18.7 Å². The summed E-state index contributed by atoms with van der Waals surface area (Å²) in [5.41, 5.74) is 0.727. The van der Waals surface area contributed by atoms with Gasteiger partial charge in [0.25, 0.3) is 0 Å². The molecule has 2 aromatic carbocycles. The van der Waals surface area contributed by atoms with Crippen molar-refractivity contribution in [3.8, 4) is 5.75 Å². The molecule has 2 rings (SSSR count). The Morgan fingerprint density at radius 1 is 1.04 bits per heavy atom. The highest BCUT2D eigenvalue weighted by molar-refractivity contribution is 7.90. The lowest BCUT2D eigenvalue weighted by atomic mass is 9.94. The van der Waals surface area contributed by atoms with Crippen molar-refractivity contribution in [2.75, 3.05) is 6.26 Å². The highest BCUT2D eigenvalue weighted by Gasteiger charge is 2.22. The molecule has 0 spiro atoms. The van der Waals surface area contributed by atoms with E-state index < -0.39 is 33.2 Å². The van der Waals surface area contributed by atoms with Crippen molar-refractivity contribution >= 4 is 21.4 Å². The Labute approximate surface area is 155 Å². The first kappa shape index (κ1) is 20.6. The lowest BCUT2D eigenvalue weighted by molar-refractivity contribution is -0.135. The number of aliphatic carboxylic acids is 1. The maximum absolute atomic E-state index is 13.4. The van der Waals surface area contributed by atoms with Gasteiger partial charge in [-0.05, 0) is 35.7 Å². The first-order chi connectivity index (χ1) is 12.5. The monoisotopic (exact) mass is 396 g/mol. The van der Waals surface area contributed by atoms with E-state index >= 15 is 0 Å². The van der Waals surface area contributed by atoms with Crippen molar-refractivity contribution < 1.29 is 31.8 Å². The Hall–Kier alpha value is -2.74. The summed E-state index contributed by atoms with van der Waals surface area (Å²) in [5, 5.41) is 9.58. The average Bonchev–Trinajstić information content (AvgIpc) is 2.56. The molecule has 2 aromatic rings. The first-order valence-electron chi connectivity index (χ1n) is 7.91. The van der Waals surface area contributed by atoms with Gasteiger partial charge in [0, 0.05) is 17.9 Å². The Balaban J connectivity index is 2.57. The largest absolute Gasteiger partial charge is 0.475 e. The highest BCUT2D eigenvalue weighted by Crippen LogP contribution is 2.30. The molecule has 0 aliphatic rings. The number of hydrogen-bond donors (Lipinski definition) is 1. The molecular formula is C19H18F2O5S. The van der Waals surface area contributed by atoms with Gasteiger partial charge < -0.3 is 9.84 Å². The summed E-state index contributed by atoms with van der Waals surface area (Å²) in [6.45, 7) is 3.47. The molecule has 0 aliphatic heterocycles. The quantitative estimate of drug-likeness (QED) is 0.592. The highest BCUT2D eigenvalue weighted by atomic mass is 32.2. The number of sulfone groups is 1. The van der Waals surface area contributed by atoms with Gasteiger partial charge in [-0.25, -0.2) is 22.0 Å². The zero-order valence-corrected chi connectivity index (χ0v) is 15.7. The van der Waals surface area contributed by atoms with Crippen LogP contribution in [0.15, 0.2) is 53.1 Å². The van der Waals surface area contributed by atoms with Crippen molar-refractivity contribution in [1.82, 2.24) is 0 Å². The average molecular weight is 396 g/mol. The third-order valence-corrected chi connectivity index (χ3v) is 4.85. The van der Waals surface area contributed by atoms with E-state index in [1.54, 1.807) is 13.8 Å². The molecule has 8 heteroatoms. The topological polar surface area (TPSA) is 80.7 Å². The third-order valence-electron chi connectivity index (χ3n) is 3.72. The van der Waals surface area contributed by atoms with Crippen molar-refractivity contribution in [1.29, 1.82) is 0 Å². The molecule has 0 unspecified atom stereocenters. The van der Waals surface area contributed by atoms with E-state index in [4.69, 9.17) is 4.74 Å². The minimum Gasteiger partial charge on any atom is -0.475 e. The second-order valence-electron chi connectivity index (χ2n) is 6.18. The second kappa shape index (κ2) is 7.87. The lowest BCUT2D eigenvalue weighted by Gasteiger charge is -2.17. The molecule has 1 N–H and O–H groups in total. The fourth-order valence-corrected chi connectivity index (χ4v) is 3.11. The smallest absolute Gasteiger partial charge is 0.372 e. The normalized spacial score (nSPS) is 12.7. The van der Waals surface area contributed by atoms with Crippen LogP contribution in [0.4, 0.5) is 8.78 Å². The van der Waals surface area contributed by atoms with Gasteiger partial charge in [0.1, 0.15) is 5.75 Å². The summed E-state index contributed by atoms with van der Waals surface area (Å²) in [4.78, 5) is 11.8. The fourth-order valence-electron chi connectivity index (χ4n) is 2.48. The summed E-state index contributed by atoms with van der Waals surface area (Å²) in [7, 11) is -3.40. The van der Waals surface area contributed by atoms with E-state index in [-0.39, 0.29) is 22.1 Å². The second-order valence-corrected chi connectivity index (χ2v) is 8.19. The first-order valence-corrected chi connectivity index (χ1v) is 9.80. The molecule has 0 atom stereocenters. The molecule has 0 saturated heterocycles. The van der Waals surface area contributed by atoms with Crippen LogP contribution in [0.3, 0.4) is 0 Å². The van der Waals surface area contributed by atoms with Crippen molar-refractivity contribution in [3.05, 3.63) is 65.4 Å². The number of carbonyl (C=O) groups is 1. The summed E-state index contributed by atoms with van der Waals surface area (Å²) < 4.78 is 55.0. The van der Waals surface area contributed by atoms with Crippen LogP contribution in [0, 0.1) is 17.6 Å². The van der Waals surface area contributed by atoms with E-state index in [0.717, 1.165) is 24.5 Å². The number of benzene rings is 2. The Morgan fingerprint density at radius 2 is 1.63 bits per heavy atom. The third kappa shape index (κ3) is 4.91. The molecular weight excluding hydrogens is 378 g/mol. The number of halogens is 2. The van der Waals surface area contributed by atoms with E-state index in [1.807, 2.05) is 0 Å². The summed E-state index contributed by atoms with van der Waals surface area (Å²) in [6.07, 6.45) is 1.07. The zero-order chi connectivity index (χ0) is 20.4. The zero-order valence-electron chi connectivity index (χ0n) is 14.9. The summed E-state index contributed by atoms with van der Waals surface area (Å²) in [6, 6.07) is 8.38. The number of rotatable bonds is 6. The summed E-state index contributed by atoms with van der Waals surface area (Å²) >= 11 is 0. The van der Waals surface area contributed by atoms with Crippen LogP contribution in [-0.2, 0) is 14.6 Å². The predicted octanol–water partition coefficient (Wildman–Crippen LogP) is 3.90. The number of ether oxygens (including phenoxy) is 1. The Kier molecular flexibility index (Phi) is 6.00. The van der Waals surface area contributed by atoms with Crippen LogP contribution in [0.2, 0.25) is 0 Å². The van der Waals surface area contributed by atoms with Gasteiger partial charge in [-0.2, -0.15) is 0 Å². The van der Waals surface area contributed by atoms with Gasteiger partial charge in [-0.3, -0.25) is 0 Å². The molecule has 0 bridgehead atoms. The number of hydrogen-bond acceptors (Lipinski definition) is 4. The number of allylic oxidation sites excluding steroid dienone is 1. The van der Waals surface area contributed by atoms with E-state index in [1.165, 1.54) is 24.3 Å². The molecule has 5 nitrogen and oxygen atoms in total. The molecule has 0 heterocycles. The minimum atomic E-state index is -3.40. The van der Waals surface area contributed by atoms with E-state index in [0.29, 0.717) is 5.56 Å². The van der Waals surface area contributed by atoms with E-state index in [9.17, 15) is 27.1 Å². The van der Waals surface area contributed by atoms with Gasteiger partial charge >= 0.3 is 5.97 Å². The van der Waals surface area contributed by atoms with Crippen molar-refractivity contribution in [2.24, 2.45) is 5.92 Å². The van der Waals surface area contributed by atoms with Gasteiger partial charge in [0.05, 0.1) is 4.90 Å². The maximum atomic E-state index is 13.4. The van der Waals surface area contributed by atoms with E-state index in [2.05, 4.69) is 0 Å². The fraction of sp³-hybridized carbons (Fsp3) is 0.211. The van der Waals surface area contributed by atoms with Gasteiger partial charge in [-0.1, -0.05) is 26.0 Å². The number of carboxylic acids is 1. The molecule has 0 fully saturated rings. The van der Waals surface area contributed by atoms with Crippen LogP contribution in [0.5, 0.6) is 5.75 Å². The van der Waals surface area contributed by atoms with Crippen LogP contribution < -0.4 is 4.74 Å². The summed E-state index contributed by atoms with van der Waals surface area (Å²) in [5.74, 6) is -4.58. The Morgan fingerprint density at radius 3 is 2.07 bits per heavy atom. The minimum absolute atomic E-state index is 0.0905. The molecule has 0 amide bonds. The molecule has 0 radical (unpaired) electrons.